The molecular formula is C16H22ClNOS. The highest BCUT2D eigenvalue weighted by Crippen LogP contribution is 2.37. The summed E-state index contributed by atoms with van der Waals surface area (Å²) in [6.07, 6.45) is 4.71. The van der Waals surface area contributed by atoms with Crippen LogP contribution in [-0.2, 0) is 11.0 Å². The van der Waals surface area contributed by atoms with Gasteiger partial charge < -0.3 is 0 Å². The molecule has 0 amide bonds. The summed E-state index contributed by atoms with van der Waals surface area (Å²) in [6.45, 7) is 7.99. The van der Waals surface area contributed by atoms with Crippen molar-refractivity contribution in [2.75, 3.05) is 0 Å². The van der Waals surface area contributed by atoms with E-state index in [4.69, 9.17) is 11.6 Å². The Morgan fingerprint density at radius 3 is 2.60 bits per heavy atom. The summed E-state index contributed by atoms with van der Waals surface area (Å²) < 4.78 is 14.9. The minimum Gasteiger partial charge on any atom is -0.242 e. The normalized spacial score (nSPS) is 27.7. The molecule has 0 N–H and O–H groups in total. The molecule has 1 saturated heterocycles. The summed E-state index contributed by atoms with van der Waals surface area (Å²) in [5.41, 5.74) is 1.20. The highest BCUT2D eigenvalue weighted by molar-refractivity contribution is 7.83. The third-order valence-electron chi connectivity index (χ3n) is 3.76. The lowest BCUT2D eigenvalue weighted by Gasteiger charge is -2.41. The number of allylic oxidation sites excluding steroid dienone is 1. The van der Waals surface area contributed by atoms with Gasteiger partial charge in [-0.1, -0.05) is 29.8 Å². The molecule has 1 aromatic carbocycles. The molecular weight excluding hydrogens is 290 g/mol. The van der Waals surface area contributed by atoms with Crippen molar-refractivity contribution in [3.63, 3.8) is 0 Å². The van der Waals surface area contributed by atoms with Gasteiger partial charge in [0.2, 0.25) is 0 Å². The molecule has 2 rings (SSSR count). The Morgan fingerprint density at radius 1 is 1.40 bits per heavy atom. The van der Waals surface area contributed by atoms with Crippen molar-refractivity contribution >= 4 is 22.6 Å². The molecule has 0 bridgehead atoms. The van der Waals surface area contributed by atoms with Gasteiger partial charge in [0.1, 0.15) is 0 Å². The molecule has 1 aromatic rings. The van der Waals surface area contributed by atoms with Crippen LogP contribution in [0.3, 0.4) is 0 Å². The predicted octanol–water partition coefficient (Wildman–Crippen LogP) is 4.49. The maximum absolute atomic E-state index is 12.8. The van der Waals surface area contributed by atoms with Crippen LogP contribution in [0, 0.1) is 0 Å². The van der Waals surface area contributed by atoms with E-state index in [1.54, 1.807) is 0 Å². The van der Waals surface area contributed by atoms with E-state index in [0.29, 0.717) is 0 Å². The van der Waals surface area contributed by atoms with E-state index in [1.165, 1.54) is 5.56 Å². The molecule has 1 aliphatic rings. The lowest BCUT2D eigenvalue weighted by atomic mass is 9.99. The minimum atomic E-state index is -0.953. The van der Waals surface area contributed by atoms with Crippen LogP contribution in [0.1, 0.15) is 44.7 Å². The van der Waals surface area contributed by atoms with E-state index in [1.807, 2.05) is 30.3 Å². The van der Waals surface area contributed by atoms with E-state index in [9.17, 15) is 4.21 Å². The van der Waals surface area contributed by atoms with Crippen molar-refractivity contribution in [1.29, 1.82) is 0 Å². The van der Waals surface area contributed by atoms with Gasteiger partial charge in [-0.25, -0.2) is 8.51 Å². The van der Waals surface area contributed by atoms with Gasteiger partial charge in [-0.2, -0.15) is 0 Å². The second-order valence-corrected chi connectivity index (χ2v) is 7.60. The summed E-state index contributed by atoms with van der Waals surface area (Å²) in [4.78, 5) is 0. The van der Waals surface area contributed by atoms with E-state index >= 15 is 0 Å². The Bertz CT molecular complexity index is 486. The highest BCUT2D eigenvalue weighted by atomic mass is 35.5. The third-order valence-corrected chi connectivity index (χ3v) is 6.10. The molecule has 110 valence electrons. The average molecular weight is 312 g/mol. The molecule has 1 aliphatic heterocycles. The molecule has 1 heterocycles. The Labute approximate surface area is 129 Å². The topological polar surface area (TPSA) is 20.3 Å². The Kier molecular flexibility index (Phi) is 5.42. The predicted molar refractivity (Wildman–Crippen MR) is 87.1 cm³/mol. The molecule has 4 heteroatoms. The number of hydrogen-bond donors (Lipinski definition) is 0. The fourth-order valence-corrected chi connectivity index (χ4v) is 4.82. The fourth-order valence-electron chi connectivity index (χ4n) is 2.82. The van der Waals surface area contributed by atoms with Crippen LogP contribution in [0.4, 0.5) is 0 Å². The van der Waals surface area contributed by atoms with Crippen LogP contribution in [0.25, 0.3) is 0 Å². The van der Waals surface area contributed by atoms with Gasteiger partial charge in [0.15, 0.2) is 0 Å². The number of rotatable bonds is 4. The monoisotopic (exact) mass is 311 g/mol. The molecule has 2 unspecified atom stereocenters. The van der Waals surface area contributed by atoms with Crippen molar-refractivity contribution in [3.05, 3.63) is 47.5 Å². The van der Waals surface area contributed by atoms with Gasteiger partial charge >= 0.3 is 0 Å². The van der Waals surface area contributed by atoms with Crippen molar-refractivity contribution in [1.82, 2.24) is 4.31 Å². The fraction of sp³-hybridized carbons (Fsp3) is 0.500. The molecule has 3 atom stereocenters. The van der Waals surface area contributed by atoms with Crippen molar-refractivity contribution in [2.45, 2.75) is 50.4 Å². The van der Waals surface area contributed by atoms with Crippen molar-refractivity contribution in [2.24, 2.45) is 0 Å². The molecule has 0 aliphatic carbocycles. The SMILES string of the molecule is C=CC[C@H]1CCC(c2ccc(Cl)cc2)N(C(C)C)S1=O. The zero-order valence-electron chi connectivity index (χ0n) is 12.1. The standard InChI is InChI=1S/C16H22ClNOS/c1-4-5-15-10-11-16(18(12(2)3)20(15)19)13-6-8-14(17)9-7-13/h4,6-9,12,15-16H,1,5,10-11H2,2-3H3/t15-,16?,20?/m0/s1. The minimum absolute atomic E-state index is 0.207. The number of benzene rings is 1. The van der Waals surface area contributed by atoms with E-state index in [-0.39, 0.29) is 17.3 Å². The van der Waals surface area contributed by atoms with Gasteiger partial charge in [0.05, 0.1) is 16.2 Å². The molecule has 0 saturated carbocycles. The zero-order chi connectivity index (χ0) is 14.7. The second kappa shape index (κ2) is 6.88. The van der Waals surface area contributed by atoms with Crippen LogP contribution in [-0.4, -0.2) is 19.8 Å². The summed E-state index contributed by atoms with van der Waals surface area (Å²) in [6, 6.07) is 8.39. The second-order valence-electron chi connectivity index (χ2n) is 5.52. The average Bonchev–Trinajstić information content (AvgIpc) is 2.41. The first-order chi connectivity index (χ1) is 9.54. The van der Waals surface area contributed by atoms with Crippen LogP contribution >= 0.6 is 11.6 Å². The molecule has 0 aromatic heterocycles. The van der Waals surface area contributed by atoms with Crippen LogP contribution in [0.15, 0.2) is 36.9 Å². The largest absolute Gasteiger partial charge is 0.242 e. The van der Waals surface area contributed by atoms with Crippen LogP contribution < -0.4 is 0 Å². The van der Waals surface area contributed by atoms with Gasteiger partial charge in [0.25, 0.3) is 0 Å². The Hall–Kier alpha value is -0.640. The summed E-state index contributed by atoms with van der Waals surface area (Å²) >= 11 is 5.96. The molecule has 1 fully saturated rings. The maximum Gasteiger partial charge on any atom is 0.0985 e. The maximum atomic E-state index is 12.8. The Morgan fingerprint density at radius 2 is 2.05 bits per heavy atom. The summed E-state index contributed by atoms with van der Waals surface area (Å²) in [5, 5.41) is 0.949. The lowest BCUT2D eigenvalue weighted by molar-refractivity contribution is 0.252. The van der Waals surface area contributed by atoms with Gasteiger partial charge in [-0.3, -0.25) is 0 Å². The first-order valence-electron chi connectivity index (χ1n) is 7.10. The van der Waals surface area contributed by atoms with E-state index in [0.717, 1.165) is 24.3 Å². The molecule has 0 spiro atoms. The van der Waals surface area contributed by atoms with Crippen LogP contribution in [0.5, 0.6) is 0 Å². The number of hydrogen-bond acceptors (Lipinski definition) is 1. The Balaban J connectivity index is 2.26. The van der Waals surface area contributed by atoms with E-state index in [2.05, 4.69) is 24.7 Å². The quantitative estimate of drug-likeness (QED) is 0.750. The van der Waals surface area contributed by atoms with Gasteiger partial charge in [-0.05, 0) is 50.8 Å². The summed E-state index contributed by atoms with van der Waals surface area (Å²) in [7, 11) is -0.953. The highest BCUT2D eigenvalue weighted by Gasteiger charge is 2.36. The smallest absolute Gasteiger partial charge is 0.0985 e. The lowest BCUT2D eigenvalue weighted by Crippen LogP contribution is -2.44. The van der Waals surface area contributed by atoms with Gasteiger partial charge in [-0.15, -0.1) is 6.58 Å². The molecule has 2 nitrogen and oxygen atoms in total. The first kappa shape index (κ1) is 15.7. The first-order valence-corrected chi connectivity index (χ1v) is 8.64. The number of nitrogens with zero attached hydrogens (tertiary/aromatic N) is 1. The van der Waals surface area contributed by atoms with Crippen molar-refractivity contribution < 1.29 is 4.21 Å². The number of halogens is 1. The van der Waals surface area contributed by atoms with Gasteiger partial charge in [0, 0.05) is 17.1 Å². The third kappa shape index (κ3) is 3.33. The molecule has 20 heavy (non-hydrogen) atoms. The van der Waals surface area contributed by atoms with Crippen molar-refractivity contribution in [3.8, 4) is 0 Å². The van der Waals surface area contributed by atoms with E-state index < -0.39 is 11.0 Å². The summed E-state index contributed by atoms with van der Waals surface area (Å²) in [5.74, 6) is 0. The zero-order valence-corrected chi connectivity index (χ0v) is 13.7. The molecule has 0 radical (unpaired) electrons. The van der Waals surface area contributed by atoms with Crippen LogP contribution in [0.2, 0.25) is 5.02 Å².